The van der Waals surface area contributed by atoms with Crippen LogP contribution in [0.25, 0.3) is 0 Å². The third-order valence-corrected chi connectivity index (χ3v) is 3.68. The predicted octanol–water partition coefficient (Wildman–Crippen LogP) is 3.11. The van der Waals surface area contributed by atoms with Gasteiger partial charge in [0.15, 0.2) is 0 Å². The first-order valence-electron chi connectivity index (χ1n) is 6.55. The summed E-state index contributed by atoms with van der Waals surface area (Å²) in [6.45, 7) is 1.61. The van der Waals surface area contributed by atoms with Gasteiger partial charge < -0.3 is 9.64 Å². The van der Waals surface area contributed by atoms with Crippen molar-refractivity contribution in [1.82, 2.24) is 4.90 Å². The molecule has 2 aromatic carbocycles. The van der Waals surface area contributed by atoms with Crippen LogP contribution >= 0.6 is 0 Å². The molecule has 94 valence electrons. The van der Waals surface area contributed by atoms with E-state index in [0.717, 1.165) is 24.9 Å². The average Bonchev–Trinajstić information content (AvgIpc) is 2.93. The van der Waals surface area contributed by atoms with Crippen molar-refractivity contribution in [3.8, 4) is 0 Å². The van der Waals surface area contributed by atoms with Crippen molar-refractivity contribution in [1.29, 1.82) is 0 Å². The number of benzene rings is 2. The molecule has 0 saturated carbocycles. The molecule has 1 saturated heterocycles. The van der Waals surface area contributed by atoms with Crippen LogP contribution in [-0.2, 0) is 4.74 Å². The molecular weight excluding hydrogens is 236 g/mol. The standard InChI is InChI=1S/C16H14N2O/c1-2-6-12(7-3-1)15-13-8-4-5-9-14(13)17-16-18(15)10-11-19-16/h1-9,15H,10-11H2. The largest absolute Gasteiger partial charge is 0.463 e. The molecule has 1 fully saturated rings. The lowest BCUT2D eigenvalue weighted by atomic mass is 9.95. The zero-order valence-electron chi connectivity index (χ0n) is 10.5. The zero-order chi connectivity index (χ0) is 12.7. The second-order valence-electron chi connectivity index (χ2n) is 4.81. The highest BCUT2D eigenvalue weighted by molar-refractivity contribution is 5.83. The van der Waals surface area contributed by atoms with Crippen molar-refractivity contribution in [2.45, 2.75) is 6.04 Å². The molecule has 1 atom stereocenters. The van der Waals surface area contributed by atoms with E-state index in [1.165, 1.54) is 11.1 Å². The van der Waals surface area contributed by atoms with Crippen LogP contribution in [0.3, 0.4) is 0 Å². The fraction of sp³-hybridized carbons (Fsp3) is 0.188. The second-order valence-corrected chi connectivity index (χ2v) is 4.81. The molecule has 2 heterocycles. The summed E-state index contributed by atoms with van der Waals surface area (Å²) in [4.78, 5) is 6.85. The first-order chi connectivity index (χ1) is 9.43. The SMILES string of the molecule is c1ccc(C2c3ccccc3N=C3OCCN32)cc1. The maximum absolute atomic E-state index is 5.64. The summed E-state index contributed by atoms with van der Waals surface area (Å²) in [5.74, 6) is 0. The van der Waals surface area contributed by atoms with Crippen molar-refractivity contribution in [3.05, 3.63) is 65.7 Å². The number of aliphatic imine (C=N–C) groups is 1. The van der Waals surface area contributed by atoms with E-state index in [-0.39, 0.29) is 6.04 Å². The highest BCUT2D eigenvalue weighted by Crippen LogP contribution is 2.40. The summed E-state index contributed by atoms with van der Waals surface area (Å²) < 4.78 is 5.64. The Hall–Kier alpha value is -2.29. The van der Waals surface area contributed by atoms with E-state index in [0.29, 0.717) is 0 Å². The molecule has 4 rings (SSSR count). The summed E-state index contributed by atoms with van der Waals surface area (Å²) in [7, 11) is 0. The molecule has 2 aliphatic rings. The topological polar surface area (TPSA) is 24.8 Å². The van der Waals surface area contributed by atoms with Gasteiger partial charge in [-0.2, -0.15) is 4.99 Å². The van der Waals surface area contributed by atoms with E-state index < -0.39 is 0 Å². The second kappa shape index (κ2) is 4.12. The minimum Gasteiger partial charge on any atom is -0.463 e. The number of hydrogen-bond acceptors (Lipinski definition) is 3. The molecule has 0 aliphatic carbocycles. The first-order valence-corrected chi connectivity index (χ1v) is 6.55. The summed E-state index contributed by atoms with van der Waals surface area (Å²) >= 11 is 0. The molecular formula is C16H14N2O. The highest BCUT2D eigenvalue weighted by Gasteiger charge is 2.35. The molecule has 2 aliphatic heterocycles. The summed E-state index contributed by atoms with van der Waals surface area (Å²) in [6.07, 6.45) is 0. The highest BCUT2D eigenvalue weighted by atomic mass is 16.5. The molecule has 0 bridgehead atoms. The van der Waals surface area contributed by atoms with Gasteiger partial charge in [0.1, 0.15) is 6.61 Å². The Labute approximate surface area is 112 Å². The van der Waals surface area contributed by atoms with Crippen LogP contribution in [-0.4, -0.2) is 24.1 Å². The number of hydrogen-bond donors (Lipinski definition) is 0. The van der Waals surface area contributed by atoms with Gasteiger partial charge in [0, 0.05) is 5.56 Å². The summed E-state index contributed by atoms with van der Waals surface area (Å²) in [5, 5.41) is 0. The molecule has 0 radical (unpaired) electrons. The molecule has 19 heavy (non-hydrogen) atoms. The molecule has 0 aromatic heterocycles. The van der Waals surface area contributed by atoms with Crippen LogP contribution in [0.15, 0.2) is 59.6 Å². The van der Waals surface area contributed by atoms with Crippen LogP contribution in [0.1, 0.15) is 17.2 Å². The van der Waals surface area contributed by atoms with Gasteiger partial charge in [-0.25, -0.2) is 0 Å². The third-order valence-electron chi connectivity index (χ3n) is 3.68. The van der Waals surface area contributed by atoms with Crippen LogP contribution in [0.5, 0.6) is 0 Å². The van der Waals surface area contributed by atoms with Crippen molar-refractivity contribution in [2.24, 2.45) is 4.99 Å². The lowest BCUT2D eigenvalue weighted by Gasteiger charge is -2.32. The fourth-order valence-corrected chi connectivity index (χ4v) is 2.84. The lowest BCUT2D eigenvalue weighted by molar-refractivity contribution is 0.347. The third kappa shape index (κ3) is 1.62. The van der Waals surface area contributed by atoms with E-state index in [9.17, 15) is 0 Å². The van der Waals surface area contributed by atoms with Crippen molar-refractivity contribution in [2.75, 3.05) is 13.2 Å². The number of para-hydroxylation sites is 1. The smallest absolute Gasteiger partial charge is 0.293 e. The Morgan fingerprint density at radius 2 is 1.79 bits per heavy atom. The fourth-order valence-electron chi connectivity index (χ4n) is 2.84. The number of fused-ring (bicyclic) bond motifs is 2. The Kier molecular flexibility index (Phi) is 2.30. The molecule has 1 unspecified atom stereocenters. The maximum Gasteiger partial charge on any atom is 0.293 e. The minimum absolute atomic E-state index is 0.215. The van der Waals surface area contributed by atoms with Crippen LogP contribution in [0.2, 0.25) is 0 Å². The van der Waals surface area contributed by atoms with Gasteiger partial charge in [-0.1, -0.05) is 48.5 Å². The Balaban J connectivity index is 1.91. The molecule has 0 amide bonds. The Morgan fingerprint density at radius 1 is 1.00 bits per heavy atom. The van der Waals surface area contributed by atoms with Gasteiger partial charge in [0.2, 0.25) is 0 Å². The Bertz CT molecular complexity index is 636. The van der Waals surface area contributed by atoms with Crippen LogP contribution in [0, 0.1) is 0 Å². The van der Waals surface area contributed by atoms with E-state index >= 15 is 0 Å². The quantitative estimate of drug-likeness (QED) is 0.777. The van der Waals surface area contributed by atoms with E-state index in [1.54, 1.807) is 0 Å². The molecule has 2 aromatic rings. The van der Waals surface area contributed by atoms with Crippen molar-refractivity contribution in [3.63, 3.8) is 0 Å². The molecule has 0 spiro atoms. The average molecular weight is 250 g/mol. The summed E-state index contributed by atoms with van der Waals surface area (Å²) in [5.41, 5.74) is 3.56. The normalized spacial score (nSPS) is 20.3. The zero-order valence-corrected chi connectivity index (χ0v) is 10.5. The van der Waals surface area contributed by atoms with Crippen molar-refractivity contribution >= 4 is 11.7 Å². The number of amidine groups is 1. The van der Waals surface area contributed by atoms with E-state index in [1.807, 2.05) is 12.1 Å². The van der Waals surface area contributed by atoms with E-state index in [4.69, 9.17) is 4.74 Å². The van der Waals surface area contributed by atoms with Gasteiger partial charge in [0.25, 0.3) is 6.02 Å². The van der Waals surface area contributed by atoms with Gasteiger partial charge >= 0.3 is 0 Å². The van der Waals surface area contributed by atoms with E-state index in [2.05, 4.69) is 52.4 Å². The lowest BCUT2D eigenvalue weighted by Crippen LogP contribution is -2.33. The summed E-state index contributed by atoms with van der Waals surface area (Å²) in [6, 6.07) is 19.8. The van der Waals surface area contributed by atoms with Gasteiger partial charge in [-0.3, -0.25) is 0 Å². The predicted molar refractivity (Wildman–Crippen MR) is 74.5 cm³/mol. The molecule has 0 N–H and O–H groups in total. The number of nitrogens with zero attached hydrogens (tertiary/aromatic N) is 2. The minimum atomic E-state index is 0.215. The van der Waals surface area contributed by atoms with Gasteiger partial charge in [-0.15, -0.1) is 0 Å². The number of rotatable bonds is 1. The van der Waals surface area contributed by atoms with Crippen LogP contribution in [0.4, 0.5) is 5.69 Å². The first kappa shape index (κ1) is 10.6. The Morgan fingerprint density at radius 3 is 2.68 bits per heavy atom. The van der Waals surface area contributed by atoms with Gasteiger partial charge in [-0.05, 0) is 11.6 Å². The maximum atomic E-state index is 5.64. The van der Waals surface area contributed by atoms with Crippen LogP contribution < -0.4 is 0 Å². The monoisotopic (exact) mass is 250 g/mol. The van der Waals surface area contributed by atoms with Crippen molar-refractivity contribution < 1.29 is 4.74 Å². The molecule has 3 heteroatoms. The number of ether oxygens (including phenoxy) is 1. The van der Waals surface area contributed by atoms with Gasteiger partial charge in [0.05, 0.1) is 18.3 Å². The molecule has 3 nitrogen and oxygen atoms in total.